The molecule has 4 heteroatoms. The van der Waals surface area contributed by atoms with Crippen molar-refractivity contribution in [3.8, 4) is 0 Å². The summed E-state index contributed by atoms with van der Waals surface area (Å²) in [4.78, 5) is 3.89. The number of pyridine rings is 1. The molecule has 0 unspecified atom stereocenters. The quantitative estimate of drug-likeness (QED) is 0.569. The third-order valence-corrected chi connectivity index (χ3v) is 2.57. The van der Waals surface area contributed by atoms with Crippen LogP contribution in [0.4, 0.5) is 0 Å². The number of hydrogen-bond acceptors (Lipinski definition) is 1. The summed E-state index contributed by atoms with van der Waals surface area (Å²) >= 11 is 12.3. The van der Waals surface area contributed by atoms with Crippen LogP contribution in [0.1, 0.15) is 5.56 Å². The smallest absolute Gasteiger partial charge is 0.129 e. The fourth-order valence-electron chi connectivity index (χ4n) is 0.554. The van der Waals surface area contributed by atoms with Gasteiger partial charge in [0.1, 0.15) is 5.15 Å². The van der Waals surface area contributed by atoms with E-state index >= 15 is 0 Å². The van der Waals surface area contributed by atoms with Gasteiger partial charge in [-0.15, -0.1) is 0 Å². The van der Waals surface area contributed by atoms with Gasteiger partial charge in [0.15, 0.2) is 0 Å². The minimum absolute atomic E-state index is 0.526. The maximum Gasteiger partial charge on any atom is 0.129 e. The summed E-state index contributed by atoms with van der Waals surface area (Å²) < 4.78 is 0.980. The lowest BCUT2D eigenvalue weighted by Gasteiger charge is -1.97. The minimum atomic E-state index is 0.526. The van der Waals surface area contributed by atoms with Crippen molar-refractivity contribution in [3.63, 3.8) is 0 Å². The molecular formula is C6H4Br2ClN. The van der Waals surface area contributed by atoms with Crippen molar-refractivity contribution >= 4 is 43.5 Å². The molecule has 54 valence electrons. The topological polar surface area (TPSA) is 12.9 Å². The van der Waals surface area contributed by atoms with Gasteiger partial charge in [-0.2, -0.15) is 0 Å². The maximum atomic E-state index is 5.64. The Morgan fingerprint density at radius 2 is 2.30 bits per heavy atom. The van der Waals surface area contributed by atoms with Gasteiger partial charge in [0, 0.05) is 16.0 Å². The Kier molecular flexibility index (Phi) is 3.14. The zero-order valence-corrected chi connectivity index (χ0v) is 8.87. The molecule has 0 N–H and O–H groups in total. The largest absolute Gasteiger partial charge is 0.243 e. The van der Waals surface area contributed by atoms with Crippen molar-refractivity contribution in [2.75, 3.05) is 0 Å². The first-order valence-electron chi connectivity index (χ1n) is 2.60. The molecule has 0 radical (unpaired) electrons. The molecular weight excluding hydrogens is 281 g/mol. The number of aromatic nitrogens is 1. The Morgan fingerprint density at radius 3 is 2.80 bits per heavy atom. The molecule has 0 spiro atoms. The summed E-state index contributed by atoms with van der Waals surface area (Å²) in [5, 5.41) is 1.31. The molecule has 0 saturated carbocycles. The van der Waals surface area contributed by atoms with Crippen LogP contribution >= 0.6 is 43.5 Å². The van der Waals surface area contributed by atoms with E-state index in [1.54, 1.807) is 6.20 Å². The fraction of sp³-hybridized carbons (Fsp3) is 0.167. The fourth-order valence-corrected chi connectivity index (χ4v) is 1.93. The van der Waals surface area contributed by atoms with Gasteiger partial charge in [0.2, 0.25) is 0 Å². The van der Waals surface area contributed by atoms with Gasteiger partial charge < -0.3 is 0 Å². The molecule has 1 aromatic rings. The van der Waals surface area contributed by atoms with E-state index in [-0.39, 0.29) is 0 Å². The molecule has 10 heavy (non-hydrogen) atoms. The number of halogens is 3. The minimum Gasteiger partial charge on any atom is -0.243 e. The summed E-state index contributed by atoms with van der Waals surface area (Å²) in [5.41, 5.74) is 1.11. The average Bonchev–Trinajstić information content (AvgIpc) is 1.94. The van der Waals surface area contributed by atoms with Crippen LogP contribution in [-0.2, 0) is 5.33 Å². The molecule has 1 heterocycles. The molecule has 0 fully saturated rings. The number of rotatable bonds is 1. The van der Waals surface area contributed by atoms with E-state index in [0.29, 0.717) is 5.15 Å². The van der Waals surface area contributed by atoms with Crippen LogP contribution in [0.5, 0.6) is 0 Å². The monoisotopic (exact) mass is 283 g/mol. The second-order valence-electron chi connectivity index (χ2n) is 1.73. The predicted octanol–water partition coefficient (Wildman–Crippen LogP) is 3.39. The van der Waals surface area contributed by atoms with Crippen LogP contribution in [0.15, 0.2) is 16.7 Å². The first kappa shape index (κ1) is 8.50. The number of nitrogens with zero attached hydrogens (tertiary/aromatic N) is 1. The average molecular weight is 285 g/mol. The van der Waals surface area contributed by atoms with Crippen LogP contribution in [-0.4, -0.2) is 4.98 Å². The van der Waals surface area contributed by atoms with Crippen LogP contribution in [0.3, 0.4) is 0 Å². The molecule has 1 nitrogen and oxygen atoms in total. The zero-order chi connectivity index (χ0) is 7.56. The van der Waals surface area contributed by atoms with Gasteiger partial charge in [-0.3, -0.25) is 0 Å². The highest BCUT2D eigenvalue weighted by Crippen LogP contribution is 2.20. The van der Waals surface area contributed by atoms with Gasteiger partial charge in [0.05, 0.1) is 0 Å². The van der Waals surface area contributed by atoms with Crippen LogP contribution in [0, 0.1) is 0 Å². The van der Waals surface area contributed by atoms with Gasteiger partial charge >= 0.3 is 0 Å². The van der Waals surface area contributed by atoms with Crippen molar-refractivity contribution in [1.82, 2.24) is 4.98 Å². The highest BCUT2D eigenvalue weighted by Gasteiger charge is 1.98. The first-order chi connectivity index (χ1) is 4.74. The highest BCUT2D eigenvalue weighted by atomic mass is 79.9. The molecule has 0 bridgehead atoms. The Balaban J connectivity index is 3.09. The van der Waals surface area contributed by atoms with Crippen LogP contribution in [0.25, 0.3) is 0 Å². The van der Waals surface area contributed by atoms with E-state index < -0.39 is 0 Å². The molecule has 0 aliphatic heterocycles. The maximum absolute atomic E-state index is 5.64. The summed E-state index contributed by atoms with van der Waals surface area (Å²) in [6, 6.07) is 1.82. The lowest BCUT2D eigenvalue weighted by atomic mass is 10.3. The molecule has 0 aromatic carbocycles. The summed E-state index contributed by atoms with van der Waals surface area (Å²) in [6.45, 7) is 0. The van der Waals surface area contributed by atoms with E-state index in [2.05, 4.69) is 36.8 Å². The van der Waals surface area contributed by atoms with E-state index in [1.807, 2.05) is 6.07 Å². The Morgan fingerprint density at radius 1 is 1.60 bits per heavy atom. The predicted molar refractivity (Wildman–Crippen MR) is 49.6 cm³/mol. The molecule has 1 rings (SSSR count). The third-order valence-electron chi connectivity index (χ3n) is 1.05. The van der Waals surface area contributed by atoms with Crippen molar-refractivity contribution in [1.29, 1.82) is 0 Å². The Bertz CT molecular complexity index is 239. The van der Waals surface area contributed by atoms with Crippen LogP contribution in [0.2, 0.25) is 5.15 Å². The third kappa shape index (κ3) is 1.94. The van der Waals surface area contributed by atoms with E-state index in [1.165, 1.54) is 0 Å². The SMILES string of the molecule is Clc1cc(CBr)c(Br)cn1. The molecule has 0 aliphatic carbocycles. The normalized spacial score (nSPS) is 9.90. The van der Waals surface area contributed by atoms with Gasteiger partial charge in [-0.25, -0.2) is 4.98 Å². The second-order valence-corrected chi connectivity index (χ2v) is 3.53. The lowest BCUT2D eigenvalue weighted by molar-refractivity contribution is 1.25. The standard InChI is InChI=1S/C6H4Br2ClN/c7-2-4-1-6(9)10-3-5(4)8/h1,3H,2H2. The van der Waals surface area contributed by atoms with Crippen molar-refractivity contribution < 1.29 is 0 Å². The van der Waals surface area contributed by atoms with Gasteiger partial charge in [0.25, 0.3) is 0 Å². The molecule has 0 saturated heterocycles. The summed E-state index contributed by atoms with van der Waals surface area (Å²) in [7, 11) is 0. The van der Waals surface area contributed by atoms with Gasteiger partial charge in [-0.05, 0) is 27.6 Å². The molecule has 0 aliphatic rings. The van der Waals surface area contributed by atoms with Gasteiger partial charge in [-0.1, -0.05) is 27.5 Å². The molecule has 1 aromatic heterocycles. The number of hydrogen-bond donors (Lipinski definition) is 0. The summed E-state index contributed by atoms with van der Waals surface area (Å²) in [5.74, 6) is 0. The molecule has 0 amide bonds. The van der Waals surface area contributed by atoms with E-state index in [9.17, 15) is 0 Å². The zero-order valence-electron chi connectivity index (χ0n) is 4.94. The number of alkyl halides is 1. The lowest BCUT2D eigenvalue weighted by Crippen LogP contribution is -1.82. The van der Waals surface area contributed by atoms with Crippen molar-refractivity contribution in [2.45, 2.75) is 5.33 Å². The molecule has 0 atom stereocenters. The summed E-state index contributed by atoms with van der Waals surface area (Å²) in [6.07, 6.45) is 1.69. The highest BCUT2D eigenvalue weighted by molar-refractivity contribution is 9.10. The second kappa shape index (κ2) is 3.69. The first-order valence-corrected chi connectivity index (χ1v) is 4.89. The van der Waals surface area contributed by atoms with Crippen LogP contribution < -0.4 is 0 Å². The Hall–Kier alpha value is 0.400. The van der Waals surface area contributed by atoms with Crippen molar-refractivity contribution in [2.24, 2.45) is 0 Å². The van der Waals surface area contributed by atoms with E-state index in [4.69, 9.17) is 11.6 Å². The van der Waals surface area contributed by atoms with Crippen molar-refractivity contribution in [3.05, 3.63) is 27.5 Å². The van der Waals surface area contributed by atoms with E-state index in [0.717, 1.165) is 15.4 Å². The Labute approximate surface area is 81.1 Å².